The number of nitrogens with one attached hydrogen (secondary N) is 1. The molecule has 1 amide bonds. The van der Waals surface area contributed by atoms with E-state index < -0.39 is 6.04 Å². The summed E-state index contributed by atoms with van der Waals surface area (Å²) in [4.78, 5) is 15.8. The van der Waals surface area contributed by atoms with Crippen LogP contribution in [0.1, 0.15) is 17.2 Å². The second kappa shape index (κ2) is 6.66. The third-order valence-electron chi connectivity index (χ3n) is 2.90. The van der Waals surface area contributed by atoms with Gasteiger partial charge in [0.2, 0.25) is 5.91 Å². The van der Waals surface area contributed by atoms with Gasteiger partial charge in [-0.1, -0.05) is 30.3 Å². The lowest BCUT2D eigenvalue weighted by atomic mass is 10.1. The fourth-order valence-corrected chi connectivity index (χ4v) is 1.80. The minimum atomic E-state index is -0.612. The van der Waals surface area contributed by atoms with Crippen molar-refractivity contribution in [2.45, 2.75) is 12.5 Å². The van der Waals surface area contributed by atoms with Gasteiger partial charge in [0.05, 0.1) is 0 Å². The maximum Gasteiger partial charge on any atom is 0.241 e. The lowest BCUT2D eigenvalue weighted by Crippen LogP contribution is -2.35. The van der Waals surface area contributed by atoms with Crippen LogP contribution in [0.2, 0.25) is 0 Å². The van der Waals surface area contributed by atoms with Crippen LogP contribution in [0.25, 0.3) is 0 Å². The first kappa shape index (κ1) is 13.2. The Morgan fingerprint density at radius 2 is 1.84 bits per heavy atom. The van der Waals surface area contributed by atoms with Crippen LogP contribution in [0.5, 0.6) is 0 Å². The van der Waals surface area contributed by atoms with Gasteiger partial charge in [0.1, 0.15) is 6.04 Å². The molecule has 0 fully saturated rings. The van der Waals surface area contributed by atoms with Crippen molar-refractivity contribution in [3.05, 3.63) is 66.0 Å². The summed E-state index contributed by atoms with van der Waals surface area (Å²) in [6.07, 6.45) is 4.26. The number of benzene rings is 1. The fraction of sp³-hybridized carbons (Fsp3) is 0.200. The highest BCUT2D eigenvalue weighted by Crippen LogP contribution is 2.09. The highest BCUT2D eigenvalue weighted by molar-refractivity contribution is 5.82. The average Bonchev–Trinajstić information content (AvgIpc) is 2.48. The van der Waals surface area contributed by atoms with Gasteiger partial charge in [-0.2, -0.15) is 0 Å². The monoisotopic (exact) mass is 255 g/mol. The van der Waals surface area contributed by atoms with E-state index in [1.165, 1.54) is 0 Å². The lowest BCUT2D eigenvalue weighted by molar-refractivity contribution is -0.122. The Bertz CT molecular complexity index is 513. The van der Waals surface area contributed by atoms with Crippen molar-refractivity contribution in [2.24, 2.45) is 5.73 Å². The molecule has 4 heteroatoms. The molecule has 1 heterocycles. The maximum atomic E-state index is 11.9. The molecule has 2 rings (SSSR count). The van der Waals surface area contributed by atoms with E-state index in [0.717, 1.165) is 17.5 Å². The molecule has 1 atom stereocenters. The van der Waals surface area contributed by atoms with Gasteiger partial charge in [-0.25, -0.2) is 0 Å². The largest absolute Gasteiger partial charge is 0.354 e. The molecule has 0 aliphatic carbocycles. The van der Waals surface area contributed by atoms with Crippen molar-refractivity contribution in [2.75, 3.05) is 6.54 Å². The third-order valence-corrected chi connectivity index (χ3v) is 2.90. The first-order valence-electron chi connectivity index (χ1n) is 6.24. The van der Waals surface area contributed by atoms with E-state index in [0.29, 0.717) is 6.54 Å². The Kier molecular flexibility index (Phi) is 4.64. The van der Waals surface area contributed by atoms with Crippen LogP contribution >= 0.6 is 0 Å². The Labute approximate surface area is 112 Å². The zero-order valence-electron chi connectivity index (χ0n) is 10.6. The molecule has 0 aliphatic heterocycles. The standard InChI is InChI=1S/C15H17N3O/c16-14(13-4-2-1-3-5-13)15(19)18-11-8-12-6-9-17-10-7-12/h1-7,9-10,14H,8,11,16H2,(H,18,19). The molecule has 0 radical (unpaired) electrons. The number of carbonyl (C=O) groups is 1. The summed E-state index contributed by atoms with van der Waals surface area (Å²) in [6.45, 7) is 0.573. The molecule has 0 spiro atoms. The summed E-state index contributed by atoms with van der Waals surface area (Å²) >= 11 is 0. The van der Waals surface area contributed by atoms with Gasteiger partial charge in [0.25, 0.3) is 0 Å². The van der Waals surface area contributed by atoms with Crippen LogP contribution in [0.15, 0.2) is 54.9 Å². The van der Waals surface area contributed by atoms with Crippen molar-refractivity contribution in [1.82, 2.24) is 10.3 Å². The topological polar surface area (TPSA) is 68.0 Å². The zero-order valence-corrected chi connectivity index (χ0v) is 10.6. The van der Waals surface area contributed by atoms with Crippen molar-refractivity contribution in [3.8, 4) is 0 Å². The first-order valence-corrected chi connectivity index (χ1v) is 6.24. The number of carbonyl (C=O) groups excluding carboxylic acids is 1. The van der Waals surface area contributed by atoms with Gasteiger partial charge in [-0.15, -0.1) is 0 Å². The minimum Gasteiger partial charge on any atom is -0.354 e. The second-order valence-electron chi connectivity index (χ2n) is 4.28. The number of nitrogens with zero attached hydrogens (tertiary/aromatic N) is 1. The molecule has 1 unspecified atom stereocenters. The zero-order chi connectivity index (χ0) is 13.5. The highest BCUT2D eigenvalue weighted by atomic mass is 16.2. The van der Waals surface area contributed by atoms with Crippen molar-refractivity contribution >= 4 is 5.91 Å². The van der Waals surface area contributed by atoms with Crippen LogP contribution in [0, 0.1) is 0 Å². The van der Waals surface area contributed by atoms with E-state index in [1.807, 2.05) is 42.5 Å². The van der Waals surface area contributed by atoms with Crippen LogP contribution in [-0.4, -0.2) is 17.4 Å². The highest BCUT2D eigenvalue weighted by Gasteiger charge is 2.14. The smallest absolute Gasteiger partial charge is 0.241 e. The quantitative estimate of drug-likeness (QED) is 0.849. The molecule has 0 aliphatic rings. The van der Waals surface area contributed by atoms with Crippen molar-refractivity contribution in [3.63, 3.8) is 0 Å². The minimum absolute atomic E-state index is 0.153. The summed E-state index contributed by atoms with van der Waals surface area (Å²) in [5.41, 5.74) is 7.86. The molecule has 0 saturated carbocycles. The molecule has 1 aromatic carbocycles. The predicted molar refractivity (Wildman–Crippen MR) is 74.3 cm³/mol. The van der Waals surface area contributed by atoms with E-state index in [-0.39, 0.29) is 5.91 Å². The van der Waals surface area contributed by atoms with E-state index in [4.69, 9.17) is 5.73 Å². The Morgan fingerprint density at radius 1 is 1.16 bits per heavy atom. The number of hydrogen-bond acceptors (Lipinski definition) is 3. The van der Waals surface area contributed by atoms with Crippen molar-refractivity contribution < 1.29 is 4.79 Å². The number of amides is 1. The summed E-state index contributed by atoms with van der Waals surface area (Å²) in [6, 6.07) is 12.6. The van der Waals surface area contributed by atoms with Gasteiger partial charge < -0.3 is 11.1 Å². The Balaban J connectivity index is 1.82. The predicted octanol–water partition coefficient (Wildman–Crippen LogP) is 1.44. The second-order valence-corrected chi connectivity index (χ2v) is 4.28. The molecule has 0 saturated heterocycles. The molecule has 3 N–H and O–H groups in total. The molecular formula is C15H17N3O. The van der Waals surface area contributed by atoms with Gasteiger partial charge >= 0.3 is 0 Å². The average molecular weight is 255 g/mol. The van der Waals surface area contributed by atoms with E-state index >= 15 is 0 Å². The molecule has 2 aromatic rings. The van der Waals surface area contributed by atoms with Gasteiger partial charge in [0, 0.05) is 18.9 Å². The van der Waals surface area contributed by atoms with E-state index in [9.17, 15) is 4.79 Å². The molecule has 19 heavy (non-hydrogen) atoms. The van der Waals surface area contributed by atoms with Gasteiger partial charge in [0.15, 0.2) is 0 Å². The molecular weight excluding hydrogens is 238 g/mol. The number of pyridine rings is 1. The Morgan fingerprint density at radius 3 is 2.53 bits per heavy atom. The van der Waals surface area contributed by atoms with Crippen molar-refractivity contribution in [1.29, 1.82) is 0 Å². The number of aromatic nitrogens is 1. The number of nitrogens with two attached hydrogens (primary N) is 1. The summed E-state index contributed by atoms with van der Waals surface area (Å²) in [5.74, 6) is -0.153. The molecule has 4 nitrogen and oxygen atoms in total. The first-order chi connectivity index (χ1) is 9.27. The fourth-order valence-electron chi connectivity index (χ4n) is 1.80. The molecule has 1 aromatic heterocycles. The third kappa shape index (κ3) is 3.89. The van der Waals surface area contributed by atoms with Gasteiger partial charge in [-0.3, -0.25) is 9.78 Å². The SMILES string of the molecule is NC(C(=O)NCCc1ccncc1)c1ccccc1. The maximum absolute atomic E-state index is 11.9. The van der Waals surface area contributed by atoms with Crippen LogP contribution in [-0.2, 0) is 11.2 Å². The summed E-state index contributed by atoms with van der Waals surface area (Å²) < 4.78 is 0. The normalized spacial score (nSPS) is 11.8. The van der Waals surface area contributed by atoms with Crippen LogP contribution in [0.4, 0.5) is 0 Å². The number of rotatable bonds is 5. The molecule has 98 valence electrons. The van der Waals surface area contributed by atoms with Gasteiger partial charge in [-0.05, 0) is 29.7 Å². The van der Waals surface area contributed by atoms with E-state index in [2.05, 4.69) is 10.3 Å². The lowest BCUT2D eigenvalue weighted by Gasteiger charge is -2.12. The van der Waals surface area contributed by atoms with E-state index in [1.54, 1.807) is 12.4 Å². The summed E-state index contributed by atoms with van der Waals surface area (Å²) in [7, 11) is 0. The molecule has 0 bridgehead atoms. The van der Waals surface area contributed by atoms with Crippen LogP contribution < -0.4 is 11.1 Å². The number of hydrogen-bond donors (Lipinski definition) is 2. The summed E-state index contributed by atoms with van der Waals surface area (Å²) in [5, 5.41) is 2.85. The van der Waals surface area contributed by atoms with Crippen LogP contribution in [0.3, 0.4) is 0 Å². The Hall–Kier alpha value is -2.20.